The van der Waals surface area contributed by atoms with Gasteiger partial charge < -0.3 is 10.2 Å². The predicted octanol–water partition coefficient (Wildman–Crippen LogP) is 1.68. The second-order valence-corrected chi connectivity index (χ2v) is 3.25. The molecule has 4 nitrogen and oxygen atoms in total. The molecule has 0 amide bonds. The first kappa shape index (κ1) is 12.4. The van der Waals surface area contributed by atoms with Gasteiger partial charge in [0, 0.05) is 5.57 Å². The Morgan fingerprint density at radius 2 is 1.71 bits per heavy atom. The number of carboxylic acids is 2. The zero-order valence-corrected chi connectivity index (χ0v) is 8.12. The zero-order valence-electron chi connectivity index (χ0n) is 8.12. The van der Waals surface area contributed by atoms with E-state index in [4.69, 9.17) is 10.2 Å². The van der Waals surface area contributed by atoms with Crippen molar-refractivity contribution in [2.24, 2.45) is 5.41 Å². The lowest BCUT2D eigenvalue weighted by atomic mass is 10.1. The Bertz CT molecular complexity index is 262. The molecule has 0 saturated heterocycles. The summed E-state index contributed by atoms with van der Waals surface area (Å²) in [4.78, 5) is 19.8. The van der Waals surface area contributed by atoms with Gasteiger partial charge in [-0.05, 0) is 19.8 Å². The number of carboxylic acid groups (broad SMARTS) is 2. The first-order valence-corrected chi connectivity index (χ1v) is 4.11. The molecule has 4 heteroatoms. The molecule has 0 aromatic rings. The molecule has 2 N–H and O–H groups in total. The Morgan fingerprint density at radius 3 is 1.71 bits per heavy atom. The first-order valence-electron chi connectivity index (χ1n) is 4.11. The molecule has 1 fully saturated rings. The van der Waals surface area contributed by atoms with E-state index >= 15 is 0 Å². The SMILES string of the molecule is C=C(C)C(=O)O.C=CC1(C(=O)O)CC1. The molecule has 0 aromatic carbocycles. The lowest BCUT2D eigenvalue weighted by molar-refractivity contribution is -0.141. The van der Waals surface area contributed by atoms with E-state index in [1.54, 1.807) is 0 Å². The van der Waals surface area contributed by atoms with Crippen LogP contribution in [0, 0.1) is 5.41 Å². The molecule has 14 heavy (non-hydrogen) atoms. The Kier molecular flexibility index (Phi) is 4.08. The molecule has 0 spiro atoms. The van der Waals surface area contributed by atoms with Gasteiger partial charge in [0.1, 0.15) is 0 Å². The highest BCUT2D eigenvalue weighted by Gasteiger charge is 2.47. The Labute approximate surface area is 82.6 Å². The summed E-state index contributed by atoms with van der Waals surface area (Å²) < 4.78 is 0. The Balaban J connectivity index is 0.000000255. The Morgan fingerprint density at radius 1 is 1.36 bits per heavy atom. The molecule has 1 rings (SSSR count). The van der Waals surface area contributed by atoms with Crippen molar-refractivity contribution >= 4 is 11.9 Å². The third-order valence-corrected chi connectivity index (χ3v) is 1.97. The molecular formula is C10H14O4. The molecule has 1 saturated carbocycles. The average molecular weight is 198 g/mol. The second kappa shape index (κ2) is 4.60. The van der Waals surface area contributed by atoms with Crippen LogP contribution in [0.1, 0.15) is 19.8 Å². The average Bonchev–Trinajstić information content (AvgIpc) is 2.84. The van der Waals surface area contributed by atoms with Gasteiger partial charge in [0.15, 0.2) is 0 Å². The van der Waals surface area contributed by atoms with Crippen molar-refractivity contribution < 1.29 is 19.8 Å². The third-order valence-electron chi connectivity index (χ3n) is 1.97. The van der Waals surface area contributed by atoms with E-state index in [0.29, 0.717) is 0 Å². The molecule has 0 aromatic heterocycles. The largest absolute Gasteiger partial charge is 0.481 e. The number of hydrogen-bond acceptors (Lipinski definition) is 2. The number of aliphatic carboxylic acids is 2. The maximum absolute atomic E-state index is 10.2. The summed E-state index contributed by atoms with van der Waals surface area (Å²) in [6.07, 6.45) is 3.06. The van der Waals surface area contributed by atoms with Crippen LogP contribution in [-0.2, 0) is 9.59 Å². The summed E-state index contributed by atoms with van der Waals surface area (Å²) in [6, 6.07) is 0. The van der Waals surface area contributed by atoms with Crippen LogP contribution in [-0.4, -0.2) is 22.2 Å². The van der Waals surface area contributed by atoms with Crippen molar-refractivity contribution in [2.45, 2.75) is 19.8 Å². The maximum atomic E-state index is 10.2. The molecular weight excluding hydrogens is 184 g/mol. The number of hydrogen-bond donors (Lipinski definition) is 2. The maximum Gasteiger partial charge on any atom is 0.330 e. The van der Waals surface area contributed by atoms with Crippen LogP contribution in [0.3, 0.4) is 0 Å². The summed E-state index contributed by atoms with van der Waals surface area (Å²) >= 11 is 0. The van der Waals surface area contributed by atoms with Crippen molar-refractivity contribution in [3.8, 4) is 0 Å². The minimum Gasteiger partial charge on any atom is -0.481 e. The summed E-state index contributed by atoms with van der Waals surface area (Å²) in [7, 11) is 0. The van der Waals surface area contributed by atoms with Crippen LogP contribution in [0.4, 0.5) is 0 Å². The van der Waals surface area contributed by atoms with Gasteiger partial charge in [-0.1, -0.05) is 12.7 Å². The van der Waals surface area contributed by atoms with Crippen LogP contribution < -0.4 is 0 Å². The van der Waals surface area contributed by atoms with Gasteiger partial charge in [0.25, 0.3) is 0 Å². The lowest BCUT2D eigenvalue weighted by Gasteiger charge is -1.97. The van der Waals surface area contributed by atoms with E-state index in [1.165, 1.54) is 13.0 Å². The fourth-order valence-electron chi connectivity index (χ4n) is 0.640. The molecule has 78 valence electrons. The molecule has 0 heterocycles. The molecule has 1 aliphatic rings. The summed E-state index contributed by atoms with van der Waals surface area (Å²) in [6.45, 7) is 8.04. The van der Waals surface area contributed by atoms with E-state index < -0.39 is 17.4 Å². The molecule has 0 atom stereocenters. The lowest BCUT2D eigenvalue weighted by Crippen LogP contribution is -2.10. The van der Waals surface area contributed by atoms with E-state index in [-0.39, 0.29) is 5.57 Å². The van der Waals surface area contributed by atoms with E-state index in [9.17, 15) is 9.59 Å². The number of rotatable bonds is 3. The quantitative estimate of drug-likeness (QED) is 0.534. The minimum absolute atomic E-state index is 0.176. The van der Waals surface area contributed by atoms with Gasteiger partial charge in [0.2, 0.25) is 0 Å². The van der Waals surface area contributed by atoms with Crippen molar-refractivity contribution in [1.82, 2.24) is 0 Å². The van der Waals surface area contributed by atoms with Crippen LogP contribution in [0.25, 0.3) is 0 Å². The monoisotopic (exact) mass is 198 g/mol. The highest BCUT2D eigenvalue weighted by Crippen LogP contribution is 2.46. The standard InChI is InChI=1S/C6H8O2.C4H6O2/c1-2-6(3-4-6)5(7)8;1-3(2)4(5)6/h2H,1,3-4H2,(H,7,8);1H2,2H3,(H,5,6). The highest BCUT2D eigenvalue weighted by molar-refractivity contribution is 5.84. The Hall–Kier alpha value is -1.58. The van der Waals surface area contributed by atoms with Crippen molar-refractivity contribution in [3.63, 3.8) is 0 Å². The van der Waals surface area contributed by atoms with Crippen molar-refractivity contribution in [2.75, 3.05) is 0 Å². The van der Waals surface area contributed by atoms with Crippen LogP contribution in [0.15, 0.2) is 24.8 Å². The highest BCUT2D eigenvalue weighted by atomic mass is 16.4. The van der Waals surface area contributed by atoms with Gasteiger partial charge >= 0.3 is 11.9 Å². The predicted molar refractivity (Wildman–Crippen MR) is 51.9 cm³/mol. The van der Waals surface area contributed by atoms with Crippen molar-refractivity contribution in [3.05, 3.63) is 24.8 Å². The molecule has 0 radical (unpaired) electrons. The van der Waals surface area contributed by atoms with Crippen LogP contribution in [0.2, 0.25) is 0 Å². The molecule has 0 aliphatic heterocycles. The third kappa shape index (κ3) is 3.43. The number of carbonyl (C=O) groups is 2. The fourth-order valence-corrected chi connectivity index (χ4v) is 0.640. The molecule has 0 unspecified atom stereocenters. The second-order valence-electron chi connectivity index (χ2n) is 3.25. The van der Waals surface area contributed by atoms with Gasteiger partial charge in [-0.2, -0.15) is 0 Å². The first-order chi connectivity index (χ1) is 6.35. The topological polar surface area (TPSA) is 74.6 Å². The fraction of sp³-hybridized carbons (Fsp3) is 0.400. The van der Waals surface area contributed by atoms with E-state index in [2.05, 4.69) is 13.2 Å². The summed E-state index contributed by atoms with van der Waals surface area (Å²) in [5.74, 6) is -1.66. The summed E-state index contributed by atoms with van der Waals surface area (Å²) in [5, 5.41) is 16.3. The summed E-state index contributed by atoms with van der Waals surface area (Å²) in [5.41, 5.74) is -0.352. The van der Waals surface area contributed by atoms with Gasteiger partial charge in [-0.25, -0.2) is 4.79 Å². The van der Waals surface area contributed by atoms with E-state index in [1.807, 2.05) is 0 Å². The van der Waals surface area contributed by atoms with Gasteiger partial charge in [-0.15, -0.1) is 6.58 Å². The molecule has 0 bridgehead atoms. The van der Waals surface area contributed by atoms with Gasteiger partial charge in [0.05, 0.1) is 5.41 Å². The van der Waals surface area contributed by atoms with Gasteiger partial charge in [-0.3, -0.25) is 4.79 Å². The van der Waals surface area contributed by atoms with Crippen LogP contribution >= 0.6 is 0 Å². The van der Waals surface area contributed by atoms with Crippen LogP contribution in [0.5, 0.6) is 0 Å². The van der Waals surface area contributed by atoms with E-state index in [0.717, 1.165) is 12.8 Å². The zero-order chi connectivity index (χ0) is 11.4. The smallest absolute Gasteiger partial charge is 0.330 e. The normalized spacial score (nSPS) is 15.8. The minimum atomic E-state index is -0.935. The van der Waals surface area contributed by atoms with Crippen molar-refractivity contribution in [1.29, 1.82) is 0 Å². The molecule has 1 aliphatic carbocycles.